The number of nitrogens with zero attached hydrogens (tertiary/aromatic N) is 3. The van der Waals surface area contributed by atoms with E-state index in [2.05, 4.69) is 5.10 Å². The predicted octanol–water partition coefficient (Wildman–Crippen LogP) is 5.38. The van der Waals surface area contributed by atoms with Gasteiger partial charge in [-0.15, -0.1) is 0 Å². The number of halogens is 3. The van der Waals surface area contributed by atoms with Crippen LogP contribution in [0, 0.1) is 0 Å². The van der Waals surface area contributed by atoms with Gasteiger partial charge in [-0.2, -0.15) is 18.3 Å². The molecule has 162 valence electrons. The molecule has 0 unspecified atom stereocenters. The van der Waals surface area contributed by atoms with E-state index in [0.29, 0.717) is 24.2 Å². The van der Waals surface area contributed by atoms with Crippen molar-refractivity contribution >= 4 is 16.8 Å². The highest BCUT2D eigenvalue weighted by molar-refractivity contribution is 6.05. The van der Waals surface area contributed by atoms with Crippen LogP contribution in [0.2, 0.25) is 0 Å². The Balaban J connectivity index is 1.61. The summed E-state index contributed by atoms with van der Waals surface area (Å²) in [5.74, 6) is -0.235. The first-order chi connectivity index (χ1) is 15.3. The van der Waals surface area contributed by atoms with Gasteiger partial charge in [-0.25, -0.2) is 0 Å². The molecule has 4 nitrogen and oxygen atoms in total. The Hall–Kier alpha value is -3.61. The Morgan fingerprint density at radius 3 is 2.41 bits per heavy atom. The molecule has 2 heterocycles. The number of amides is 1. The number of aromatic nitrogens is 2. The SMILES string of the molecule is Cn1nc(C(=O)N2CCc3ccccc3[C@H]2c2ccc(C(F)(F)F)cc2)c2ccccc21. The summed E-state index contributed by atoms with van der Waals surface area (Å²) < 4.78 is 41.0. The van der Waals surface area contributed by atoms with Crippen molar-refractivity contribution < 1.29 is 18.0 Å². The van der Waals surface area contributed by atoms with Gasteiger partial charge in [0.15, 0.2) is 5.69 Å². The van der Waals surface area contributed by atoms with E-state index in [-0.39, 0.29) is 5.91 Å². The average molecular weight is 435 g/mol. The van der Waals surface area contributed by atoms with Crippen LogP contribution in [0.15, 0.2) is 72.8 Å². The van der Waals surface area contributed by atoms with Crippen LogP contribution in [-0.2, 0) is 19.6 Å². The second kappa shape index (κ2) is 7.51. The monoisotopic (exact) mass is 435 g/mol. The van der Waals surface area contributed by atoms with Gasteiger partial charge in [0.05, 0.1) is 17.1 Å². The van der Waals surface area contributed by atoms with Crippen LogP contribution >= 0.6 is 0 Å². The van der Waals surface area contributed by atoms with Gasteiger partial charge in [0.1, 0.15) is 0 Å². The Kier molecular flexibility index (Phi) is 4.77. The molecule has 0 saturated heterocycles. The first kappa shape index (κ1) is 20.3. The molecule has 1 aliphatic rings. The lowest BCUT2D eigenvalue weighted by molar-refractivity contribution is -0.137. The average Bonchev–Trinajstić information content (AvgIpc) is 3.14. The topological polar surface area (TPSA) is 38.1 Å². The zero-order chi connectivity index (χ0) is 22.5. The number of benzene rings is 3. The summed E-state index contributed by atoms with van der Waals surface area (Å²) in [6.07, 6.45) is -3.74. The third kappa shape index (κ3) is 3.34. The van der Waals surface area contributed by atoms with Gasteiger partial charge < -0.3 is 4.90 Å². The molecule has 0 aliphatic carbocycles. The molecule has 1 aromatic heterocycles. The Morgan fingerprint density at radius 2 is 1.66 bits per heavy atom. The number of aryl methyl sites for hydroxylation is 1. The minimum atomic E-state index is -4.41. The molecule has 3 aromatic carbocycles. The summed E-state index contributed by atoms with van der Waals surface area (Å²) in [4.78, 5) is 15.4. The lowest BCUT2D eigenvalue weighted by Crippen LogP contribution is -2.41. The fraction of sp³-hybridized carbons (Fsp3) is 0.200. The molecule has 1 atom stereocenters. The van der Waals surface area contributed by atoms with Gasteiger partial charge in [0.2, 0.25) is 0 Å². The van der Waals surface area contributed by atoms with E-state index in [1.54, 1.807) is 16.6 Å². The molecule has 0 fully saturated rings. The van der Waals surface area contributed by atoms with E-state index in [1.165, 1.54) is 12.1 Å². The van der Waals surface area contributed by atoms with Crippen molar-refractivity contribution in [3.05, 3.63) is 101 Å². The molecule has 1 aliphatic heterocycles. The van der Waals surface area contributed by atoms with Crippen molar-refractivity contribution in [1.82, 2.24) is 14.7 Å². The summed E-state index contributed by atoms with van der Waals surface area (Å²) in [5.41, 5.74) is 3.14. The van der Waals surface area contributed by atoms with Crippen molar-refractivity contribution in [3.8, 4) is 0 Å². The standard InChI is InChI=1S/C25H20F3N3O/c1-30-21-9-5-4-8-20(21)22(29-30)24(32)31-15-14-16-6-2-3-7-19(16)23(31)17-10-12-18(13-11-17)25(26,27)28/h2-13,23H,14-15H2,1H3/t23-/m1/s1. The minimum absolute atomic E-state index is 0.235. The molecule has 4 aromatic rings. The van der Waals surface area contributed by atoms with E-state index in [9.17, 15) is 18.0 Å². The van der Waals surface area contributed by atoms with Crippen LogP contribution in [0.4, 0.5) is 13.2 Å². The molecule has 5 rings (SSSR count). The van der Waals surface area contributed by atoms with Gasteiger partial charge in [-0.1, -0.05) is 54.6 Å². The van der Waals surface area contributed by atoms with Crippen LogP contribution in [0.3, 0.4) is 0 Å². The smallest absolute Gasteiger partial charge is 0.326 e. The second-order valence-electron chi connectivity index (χ2n) is 7.96. The number of hydrogen-bond donors (Lipinski definition) is 0. The molecule has 0 spiro atoms. The molecule has 0 saturated carbocycles. The number of para-hydroxylation sites is 1. The number of fused-ring (bicyclic) bond motifs is 2. The fourth-order valence-electron chi connectivity index (χ4n) is 4.51. The number of rotatable bonds is 2. The maximum Gasteiger partial charge on any atom is 0.416 e. The predicted molar refractivity (Wildman–Crippen MR) is 115 cm³/mol. The van der Waals surface area contributed by atoms with E-state index >= 15 is 0 Å². The summed E-state index contributed by atoms with van der Waals surface area (Å²) in [5, 5.41) is 5.23. The summed E-state index contributed by atoms with van der Waals surface area (Å²) in [6, 6.07) is 19.9. The minimum Gasteiger partial charge on any atom is -0.326 e. The summed E-state index contributed by atoms with van der Waals surface area (Å²) >= 11 is 0. The molecule has 0 bridgehead atoms. The third-order valence-electron chi connectivity index (χ3n) is 6.06. The highest BCUT2D eigenvalue weighted by Crippen LogP contribution is 2.38. The van der Waals surface area contributed by atoms with Crippen LogP contribution in [0.5, 0.6) is 0 Å². The number of hydrogen-bond acceptors (Lipinski definition) is 2. The van der Waals surface area contributed by atoms with Crippen molar-refractivity contribution in [2.75, 3.05) is 6.54 Å². The van der Waals surface area contributed by atoms with Gasteiger partial charge in [-0.3, -0.25) is 9.48 Å². The van der Waals surface area contributed by atoms with Gasteiger partial charge >= 0.3 is 6.18 Å². The Bertz CT molecular complexity index is 1310. The third-order valence-corrected chi connectivity index (χ3v) is 6.06. The molecule has 32 heavy (non-hydrogen) atoms. The normalized spacial score (nSPS) is 16.2. The summed E-state index contributed by atoms with van der Waals surface area (Å²) in [7, 11) is 1.79. The number of carbonyl (C=O) groups is 1. The maximum absolute atomic E-state index is 13.7. The van der Waals surface area contributed by atoms with E-state index < -0.39 is 17.8 Å². The van der Waals surface area contributed by atoms with Crippen molar-refractivity contribution in [3.63, 3.8) is 0 Å². The molecule has 1 amide bonds. The maximum atomic E-state index is 13.7. The zero-order valence-corrected chi connectivity index (χ0v) is 17.3. The highest BCUT2D eigenvalue weighted by Gasteiger charge is 2.35. The quantitative estimate of drug-likeness (QED) is 0.424. The van der Waals surface area contributed by atoms with Crippen molar-refractivity contribution in [2.24, 2.45) is 7.05 Å². The van der Waals surface area contributed by atoms with Gasteiger partial charge in [0, 0.05) is 19.0 Å². The largest absolute Gasteiger partial charge is 0.416 e. The van der Waals surface area contributed by atoms with E-state index in [0.717, 1.165) is 34.2 Å². The van der Waals surface area contributed by atoms with Gasteiger partial charge in [-0.05, 0) is 41.3 Å². The molecule has 0 radical (unpaired) electrons. The van der Waals surface area contributed by atoms with Crippen molar-refractivity contribution in [1.29, 1.82) is 0 Å². The number of carbonyl (C=O) groups excluding carboxylic acids is 1. The molecule has 0 N–H and O–H groups in total. The zero-order valence-electron chi connectivity index (χ0n) is 17.3. The van der Waals surface area contributed by atoms with Crippen LogP contribution in [0.1, 0.15) is 38.8 Å². The van der Waals surface area contributed by atoms with Crippen LogP contribution in [0.25, 0.3) is 10.9 Å². The van der Waals surface area contributed by atoms with E-state index in [4.69, 9.17) is 0 Å². The first-order valence-electron chi connectivity index (χ1n) is 10.3. The van der Waals surface area contributed by atoms with Crippen LogP contribution in [-0.4, -0.2) is 27.1 Å². The lowest BCUT2D eigenvalue weighted by atomic mass is 9.87. The Morgan fingerprint density at radius 1 is 0.969 bits per heavy atom. The second-order valence-corrected chi connectivity index (χ2v) is 7.96. The molecular formula is C25H20F3N3O. The molecular weight excluding hydrogens is 415 g/mol. The molecule has 7 heteroatoms. The first-order valence-corrected chi connectivity index (χ1v) is 10.3. The lowest BCUT2D eigenvalue weighted by Gasteiger charge is -2.37. The summed E-state index contributed by atoms with van der Waals surface area (Å²) in [6.45, 7) is 0.451. The van der Waals surface area contributed by atoms with Crippen LogP contribution < -0.4 is 0 Å². The van der Waals surface area contributed by atoms with Crippen molar-refractivity contribution in [2.45, 2.75) is 18.6 Å². The Labute approximate surface area is 182 Å². The fourth-order valence-corrected chi connectivity index (χ4v) is 4.51. The van der Waals surface area contributed by atoms with E-state index in [1.807, 2.05) is 48.5 Å². The van der Waals surface area contributed by atoms with Gasteiger partial charge in [0.25, 0.3) is 5.91 Å². The number of alkyl halides is 3. The highest BCUT2D eigenvalue weighted by atomic mass is 19.4.